The number of nitrogens with zero attached hydrogens (tertiary/aromatic N) is 1. The fourth-order valence-corrected chi connectivity index (χ4v) is 3.50. The van der Waals surface area contributed by atoms with Gasteiger partial charge in [-0.1, -0.05) is 37.8 Å². The third-order valence-electron chi connectivity index (χ3n) is 4.94. The first-order chi connectivity index (χ1) is 10.3. The lowest BCUT2D eigenvalue weighted by Crippen LogP contribution is -2.32. The van der Waals surface area contributed by atoms with E-state index in [0.29, 0.717) is 6.04 Å². The van der Waals surface area contributed by atoms with E-state index < -0.39 is 0 Å². The molecule has 0 saturated heterocycles. The molecule has 1 aromatic heterocycles. The second kappa shape index (κ2) is 7.04. The van der Waals surface area contributed by atoms with Crippen LogP contribution < -0.4 is 5.32 Å². The molecule has 0 amide bonds. The Morgan fingerprint density at radius 1 is 1.10 bits per heavy atom. The maximum atomic E-state index is 4.17. The van der Waals surface area contributed by atoms with Crippen molar-refractivity contribution in [3.8, 4) is 0 Å². The summed E-state index contributed by atoms with van der Waals surface area (Å²) in [6, 6.07) is 9.39. The summed E-state index contributed by atoms with van der Waals surface area (Å²) in [5, 5.41) is 6.25. The molecule has 21 heavy (non-hydrogen) atoms. The van der Waals surface area contributed by atoms with Crippen LogP contribution in [-0.2, 0) is 6.54 Å². The van der Waals surface area contributed by atoms with Crippen LogP contribution in [0.4, 0.5) is 0 Å². The zero-order valence-electron chi connectivity index (χ0n) is 13.0. The summed E-state index contributed by atoms with van der Waals surface area (Å²) in [5.41, 5.74) is 1.37. The fourth-order valence-electron chi connectivity index (χ4n) is 3.50. The molecular weight excluding hydrogens is 256 g/mol. The highest BCUT2D eigenvalue weighted by atomic mass is 14.9. The van der Waals surface area contributed by atoms with Crippen molar-refractivity contribution >= 4 is 10.8 Å². The van der Waals surface area contributed by atoms with Crippen LogP contribution in [-0.4, -0.2) is 11.0 Å². The SMILES string of the molecule is C[C@@H](NCc1ccc2cnccc2c1)C1CCCCCC1. The van der Waals surface area contributed by atoms with Gasteiger partial charge in [0.05, 0.1) is 0 Å². The molecule has 0 unspecified atom stereocenters. The van der Waals surface area contributed by atoms with Crippen LogP contribution in [0.3, 0.4) is 0 Å². The quantitative estimate of drug-likeness (QED) is 0.823. The normalized spacial score (nSPS) is 18.5. The van der Waals surface area contributed by atoms with Crippen molar-refractivity contribution in [1.82, 2.24) is 10.3 Å². The van der Waals surface area contributed by atoms with Gasteiger partial charge in [-0.05, 0) is 48.8 Å². The molecule has 2 aromatic rings. The number of hydrogen-bond acceptors (Lipinski definition) is 2. The second-order valence-electron chi connectivity index (χ2n) is 6.48. The Bertz CT molecular complexity index is 571. The number of aromatic nitrogens is 1. The number of pyridine rings is 1. The highest BCUT2D eigenvalue weighted by molar-refractivity contribution is 5.81. The van der Waals surface area contributed by atoms with E-state index in [1.807, 2.05) is 12.4 Å². The van der Waals surface area contributed by atoms with Crippen LogP contribution in [0.25, 0.3) is 10.8 Å². The van der Waals surface area contributed by atoms with Crippen LogP contribution in [0.5, 0.6) is 0 Å². The standard InChI is InChI=1S/C19H26N2/c1-15(17-6-4-2-3-5-7-17)21-13-16-8-9-19-14-20-11-10-18(19)12-16/h8-12,14-15,17,21H,2-7,13H2,1H3/t15-/m1/s1. The van der Waals surface area contributed by atoms with Crippen molar-refractivity contribution in [3.63, 3.8) is 0 Å². The van der Waals surface area contributed by atoms with Gasteiger partial charge >= 0.3 is 0 Å². The third kappa shape index (κ3) is 3.82. The third-order valence-corrected chi connectivity index (χ3v) is 4.94. The Balaban J connectivity index is 1.60. The average molecular weight is 282 g/mol. The number of fused-ring (bicyclic) bond motifs is 1. The molecule has 1 aromatic carbocycles. The Hall–Kier alpha value is -1.41. The zero-order chi connectivity index (χ0) is 14.5. The Labute approximate surface area is 128 Å². The van der Waals surface area contributed by atoms with Gasteiger partial charge in [0.2, 0.25) is 0 Å². The van der Waals surface area contributed by atoms with Crippen LogP contribution in [0.1, 0.15) is 51.0 Å². The van der Waals surface area contributed by atoms with Crippen LogP contribution in [0, 0.1) is 5.92 Å². The van der Waals surface area contributed by atoms with E-state index in [1.54, 1.807) is 0 Å². The van der Waals surface area contributed by atoms with E-state index in [2.05, 4.69) is 41.5 Å². The fraction of sp³-hybridized carbons (Fsp3) is 0.526. The molecule has 112 valence electrons. The summed E-state index contributed by atoms with van der Waals surface area (Å²) >= 11 is 0. The minimum atomic E-state index is 0.622. The molecule has 0 spiro atoms. The first kappa shape index (κ1) is 14.5. The van der Waals surface area contributed by atoms with Crippen molar-refractivity contribution in [2.24, 2.45) is 5.92 Å². The summed E-state index contributed by atoms with van der Waals surface area (Å²) in [6.45, 7) is 3.33. The topological polar surface area (TPSA) is 24.9 Å². The zero-order valence-corrected chi connectivity index (χ0v) is 13.0. The molecule has 1 atom stereocenters. The predicted octanol–water partition coefficient (Wildman–Crippen LogP) is 4.68. The molecule has 3 rings (SSSR count). The summed E-state index contributed by atoms with van der Waals surface area (Å²) < 4.78 is 0. The summed E-state index contributed by atoms with van der Waals surface area (Å²) in [4.78, 5) is 4.17. The Kier molecular flexibility index (Phi) is 4.87. The van der Waals surface area contributed by atoms with Gasteiger partial charge in [0.25, 0.3) is 0 Å². The average Bonchev–Trinajstić information content (AvgIpc) is 2.81. The number of hydrogen-bond donors (Lipinski definition) is 1. The lowest BCUT2D eigenvalue weighted by Gasteiger charge is -2.23. The Morgan fingerprint density at radius 2 is 1.90 bits per heavy atom. The van der Waals surface area contributed by atoms with Crippen LogP contribution >= 0.6 is 0 Å². The molecule has 2 heteroatoms. The van der Waals surface area contributed by atoms with Gasteiger partial charge in [0.15, 0.2) is 0 Å². The largest absolute Gasteiger partial charge is 0.310 e. The van der Waals surface area contributed by atoms with E-state index in [1.165, 1.54) is 54.9 Å². The molecule has 2 nitrogen and oxygen atoms in total. The highest BCUT2D eigenvalue weighted by Crippen LogP contribution is 2.25. The maximum absolute atomic E-state index is 4.17. The van der Waals surface area contributed by atoms with Gasteiger partial charge in [-0.15, -0.1) is 0 Å². The van der Waals surface area contributed by atoms with E-state index in [0.717, 1.165) is 12.5 Å². The van der Waals surface area contributed by atoms with Gasteiger partial charge < -0.3 is 5.32 Å². The predicted molar refractivity (Wildman–Crippen MR) is 89.2 cm³/mol. The molecular formula is C19H26N2. The number of rotatable bonds is 4. The molecule has 0 radical (unpaired) electrons. The minimum Gasteiger partial charge on any atom is -0.310 e. The van der Waals surface area contributed by atoms with Gasteiger partial charge in [0, 0.05) is 30.4 Å². The second-order valence-corrected chi connectivity index (χ2v) is 6.48. The molecule has 1 saturated carbocycles. The number of nitrogens with one attached hydrogen (secondary N) is 1. The van der Waals surface area contributed by atoms with E-state index in [-0.39, 0.29) is 0 Å². The molecule has 0 bridgehead atoms. The van der Waals surface area contributed by atoms with E-state index in [9.17, 15) is 0 Å². The van der Waals surface area contributed by atoms with E-state index >= 15 is 0 Å². The molecule has 1 aliphatic carbocycles. The van der Waals surface area contributed by atoms with Crippen molar-refractivity contribution in [2.75, 3.05) is 0 Å². The maximum Gasteiger partial charge on any atom is 0.0346 e. The van der Waals surface area contributed by atoms with Crippen LogP contribution in [0.2, 0.25) is 0 Å². The minimum absolute atomic E-state index is 0.622. The lowest BCUT2D eigenvalue weighted by atomic mass is 9.93. The monoisotopic (exact) mass is 282 g/mol. The van der Waals surface area contributed by atoms with Gasteiger partial charge in [0.1, 0.15) is 0 Å². The van der Waals surface area contributed by atoms with Crippen molar-refractivity contribution < 1.29 is 0 Å². The summed E-state index contributed by atoms with van der Waals surface area (Å²) in [5.74, 6) is 0.858. The van der Waals surface area contributed by atoms with Crippen LogP contribution in [0.15, 0.2) is 36.7 Å². The van der Waals surface area contributed by atoms with Crippen molar-refractivity contribution in [1.29, 1.82) is 0 Å². The molecule has 0 aliphatic heterocycles. The molecule has 1 fully saturated rings. The van der Waals surface area contributed by atoms with Crippen molar-refractivity contribution in [3.05, 3.63) is 42.2 Å². The summed E-state index contributed by atoms with van der Waals surface area (Å²) in [6.07, 6.45) is 12.3. The Morgan fingerprint density at radius 3 is 2.71 bits per heavy atom. The first-order valence-electron chi connectivity index (χ1n) is 8.39. The van der Waals surface area contributed by atoms with E-state index in [4.69, 9.17) is 0 Å². The smallest absolute Gasteiger partial charge is 0.0346 e. The molecule has 1 heterocycles. The van der Waals surface area contributed by atoms with Crippen molar-refractivity contribution in [2.45, 2.75) is 58.0 Å². The number of benzene rings is 1. The van der Waals surface area contributed by atoms with Gasteiger partial charge in [-0.2, -0.15) is 0 Å². The first-order valence-corrected chi connectivity index (χ1v) is 8.39. The van der Waals surface area contributed by atoms with Gasteiger partial charge in [-0.25, -0.2) is 0 Å². The molecule has 1 N–H and O–H groups in total. The van der Waals surface area contributed by atoms with Gasteiger partial charge in [-0.3, -0.25) is 4.98 Å². The summed E-state index contributed by atoms with van der Waals surface area (Å²) in [7, 11) is 0. The highest BCUT2D eigenvalue weighted by Gasteiger charge is 2.18. The lowest BCUT2D eigenvalue weighted by molar-refractivity contribution is 0.337. The molecule has 1 aliphatic rings.